The number of nitrogen functional groups attached to an aromatic ring is 1. The number of hydrogen-bond donors (Lipinski definition) is 1. The van der Waals surface area contributed by atoms with Gasteiger partial charge in [0, 0.05) is 30.6 Å². The lowest BCUT2D eigenvalue weighted by Gasteiger charge is -2.07. The van der Waals surface area contributed by atoms with Gasteiger partial charge in [0.1, 0.15) is 23.2 Å². The molecule has 3 aromatic rings. The van der Waals surface area contributed by atoms with Crippen LogP contribution in [-0.4, -0.2) is 14.4 Å². The van der Waals surface area contributed by atoms with Crippen molar-refractivity contribution in [2.75, 3.05) is 5.73 Å². The van der Waals surface area contributed by atoms with Gasteiger partial charge in [-0.15, -0.1) is 0 Å². The maximum Gasteiger partial charge on any atom is 0.265 e. The number of rotatable bonds is 2. The highest BCUT2D eigenvalue weighted by atomic mass is 19.1. The number of nitrogens with two attached hydrogens (primary N) is 1. The van der Waals surface area contributed by atoms with Gasteiger partial charge in [0.05, 0.1) is 6.20 Å². The number of fused-ring (bicyclic) bond motifs is 1. The Morgan fingerprint density at radius 2 is 1.89 bits per heavy atom. The summed E-state index contributed by atoms with van der Waals surface area (Å²) in [7, 11) is 0. The van der Waals surface area contributed by atoms with E-state index in [4.69, 9.17) is 10.5 Å². The number of anilines is 1. The second-order valence-electron chi connectivity index (χ2n) is 3.84. The van der Waals surface area contributed by atoms with Crippen molar-refractivity contribution in [1.82, 2.24) is 14.4 Å². The molecule has 2 heterocycles. The predicted octanol–water partition coefficient (Wildman–Crippen LogP) is 2.38. The van der Waals surface area contributed by atoms with Crippen LogP contribution in [-0.2, 0) is 0 Å². The summed E-state index contributed by atoms with van der Waals surface area (Å²) in [4.78, 5) is 7.99. The van der Waals surface area contributed by atoms with Gasteiger partial charge in [0.2, 0.25) is 5.65 Å². The van der Waals surface area contributed by atoms with Crippen LogP contribution in [0.1, 0.15) is 0 Å². The minimum atomic E-state index is -0.738. The first kappa shape index (κ1) is 11.4. The van der Waals surface area contributed by atoms with Gasteiger partial charge < -0.3 is 10.5 Å². The SMILES string of the molecule is Nc1cn2ccnc2c(Oc2cc(F)cc(F)c2)n1. The molecule has 96 valence electrons. The Kier molecular flexibility index (Phi) is 2.52. The topological polar surface area (TPSA) is 65.4 Å². The van der Waals surface area contributed by atoms with E-state index in [9.17, 15) is 8.78 Å². The first-order valence-electron chi connectivity index (χ1n) is 5.35. The Morgan fingerprint density at radius 1 is 1.16 bits per heavy atom. The molecule has 0 spiro atoms. The number of ether oxygens (including phenoxy) is 1. The van der Waals surface area contributed by atoms with E-state index in [0.29, 0.717) is 5.65 Å². The molecular formula is C12H8F2N4O. The van der Waals surface area contributed by atoms with Crippen molar-refractivity contribution < 1.29 is 13.5 Å². The van der Waals surface area contributed by atoms with Crippen molar-refractivity contribution in [2.24, 2.45) is 0 Å². The molecule has 0 amide bonds. The van der Waals surface area contributed by atoms with Crippen LogP contribution in [0.5, 0.6) is 11.6 Å². The van der Waals surface area contributed by atoms with Crippen LogP contribution in [0.25, 0.3) is 5.65 Å². The van der Waals surface area contributed by atoms with Crippen molar-refractivity contribution in [3.05, 3.63) is 48.4 Å². The lowest BCUT2D eigenvalue weighted by atomic mass is 10.3. The van der Waals surface area contributed by atoms with Gasteiger partial charge >= 0.3 is 0 Å². The molecule has 0 unspecified atom stereocenters. The highest BCUT2D eigenvalue weighted by Crippen LogP contribution is 2.25. The van der Waals surface area contributed by atoms with E-state index in [1.165, 1.54) is 6.20 Å². The van der Waals surface area contributed by atoms with Gasteiger partial charge in [-0.05, 0) is 0 Å². The number of hydrogen-bond acceptors (Lipinski definition) is 4. The van der Waals surface area contributed by atoms with Crippen molar-refractivity contribution in [3.63, 3.8) is 0 Å². The van der Waals surface area contributed by atoms with Crippen molar-refractivity contribution >= 4 is 11.5 Å². The summed E-state index contributed by atoms with van der Waals surface area (Å²) >= 11 is 0. The van der Waals surface area contributed by atoms with Gasteiger partial charge in [0.25, 0.3) is 5.88 Å². The molecule has 2 aromatic heterocycles. The molecule has 0 fully saturated rings. The summed E-state index contributed by atoms with van der Waals surface area (Å²) in [6.07, 6.45) is 4.75. The smallest absolute Gasteiger partial charge is 0.265 e. The zero-order valence-corrected chi connectivity index (χ0v) is 9.55. The van der Waals surface area contributed by atoms with Crippen molar-refractivity contribution in [3.8, 4) is 11.6 Å². The van der Waals surface area contributed by atoms with Gasteiger partial charge in [-0.2, -0.15) is 4.98 Å². The number of imidazole rings is 1. The van der Waals surface area contributed by atoms with Crippen LogP contribution in [0.2, 0.25) is 0 Å². The summed E-state index contributed by atoms with van der Waals surface area (Å²) in [5, 5.41) is 0. The Bertz CT molecular complexity index is 736. The number of halogens is 2. The molecule has 0 aliphatic carbocycles. The zero-order valence-electron chi connectivity index (χ0n) is 9.55. The monoisotopic (exact) mass is 262 g/mol. The van der Waals surface area contributed by atoms with Gasteiger partial charge in [0.15, 0.2) is 0 Å². The lowest BCUT2D eigenvalue weighted by molar-refractivity contribution is 0.454. The molecule has 1 aromatic carbocycles. The summed E-state index contributed by atoms with van der Waals surface area (Å²) in [6.45, 7) is 0. The van der Waals surface area contributed by atoms with Crippen LogP contribution in [0, 0.1) is 11.6 Å². The first-order chi connectivity index (χ1) is 9.11. The Labute approximate surface area is 106 Å². The normalized spacial score (nSPS) is 10.8. The van der Waals surface area contributed by atoms with E-state index in [2.05, 4.69) is 9.97 Å². The third kappa shape index (κ3) is 2.17. The van der Waals surface area contributed by atoms with E-state index < -0.39 is 11.6 Å². The molecular weight excluding hydrogens is 254 g/mol. The number of aromatic nitrogens is 3. The van der Waals surface area contributed by atoms with Gasteiger partial charge in [-0.3, -0.25) is 4.40 Å². The predicted molar refractivity (Wildman–Crippen MR) is 63.8 cm³/mol. The summed E-state index contributed by atoms with van der Waals surface area (Å²) in [6, 6.07) is 2.85. The average Bonchev–Trinajstić information content (AvgIpc) is 2.75. The van der Waals surface area contributed by atoms with Crippen molar-refractivity contribution in [1.29, 1.82) is 0 Å². The maximum atomic E-state index is 13.1. The van der Waals surface area contributed by atoms with E-state index in [1.54, 1.807) is 16.8 Å². The number of benzene rings is 1. The Balaban J connectivity index is 2.07. The molecule has 0 radical (unpaired) electrons. The third-order valence-electron chi connectivity index (χ3n) is 2.41. The fourth-order valence-electron chi connectivity index (χ4n) is 1.69. The molecule has 0 aliphatic rings. The molecule has 0 saturated heterocycles. The molecule has 0 atom stereocenters. The first-order valence-corrected chi connectivity index (χ1v) is 5.35. The van der Waals surface area contributed by atoms with Crippen LogP contribution in [0.15, 0.2) is 36.8 Å². The minimum absolute atomic E-state index is 0.0134. The summed E-state index contributed by atoms with van der Waals surface area (Å²) in [5.41, 5.74) is 6.01. The van der Waals surface area contributed by atoms with Crippen LogP contribution in [0.4, 0.5) is 14.6 Å². The van der Waals surface area contributed by atoms with Crippen LogP contribution < -0.4 is 10.5 Å². The zero-order chi connectivity index (χ0) is 13.4. The maximum absolute atomic E-state index is 13.1. The fraction of sp³-hybridized carbons (Fsp3) is 0. The quantitative estimate of drug-likeness (QED) is 0.770. The Morgan fingerprint density at radius 3 is 2.63 bits per heavy atom. The molecule has 3 rings (SSSR count). The van der Waals surface area contributed by atoms with Gasteiger partial charge in [-0.1, -0.05) is 0 Å². The fourth-order valence-corrected chi connectivity index (χ4v) is 1.69. The summed E-state index contributed by atoms with van der Waals surface area (Å²) in [5.74, 6) is -1.20. The largest absolute Gasteiger partial charge is 0.436 e. The highest BCUT2D eigenvalue weighted by molar-refractivity contribution is 5.54. The van der Waals surface area contributed by atoms with Crippen LogP contribution in [0.3, 0.4) is 0 Å². The molecule has 7 heteroatoms. The average molecular weight is 262 g/mol. The summed E-state index contributed by atoms with van der Waals surface area (Å²) < 4.78 is 33.1. The van der Waals surface area contributed by atoms with E-state index in [0.717, 1.165) is 18.2 Å². The number of nitrogens with zero attached hydrogens (tertiary/aromatic N) is 3. The van der Waals surface area contributed by atoms with E-state index in [1.807, 2.05) is 0 Å². The molecule has 19 heavy (non-hydrogen) atoms. The third-order valence-corrected chi connectivity index (χ3v) is 2.41. The molecule has 5 nitrogen and oxygen atoms in total. The van der Waals surface area contributed by atoms with E-state index in [-0.39, 0.29) is 17.4 Å². The van der Waals surface area contributed by atoms with Gasteiger partial charge in [-0.25, -0.2) is 13.8 Å². The Hall–Kier alpha value is -2.70. The molecule has 2 N–H and O–H groups in total. The highest BCUT2D eigenvalue weighted by Gasteiger charge is 2.10. The second-order valence-corrected chi connectivity index (χ2v) is 3.84. The van der Waals surface area contributed by atoms with Crippen molar-refractivity contribution in [2.45, 2.75) is 0 Å². The standard InChI is InChI=1S/C12H8F2N4O/c13-7-3-8(14)5-9(4-7)19-12-11-16-1-2-18(11)6-10(15)17-12/h1-6H,15H2. The second kappa shape index (κ2) is 4.20. The lowest BCUT2D eigenvalue weighted by Crippen LogP contribution is -1.99. The van der Waals surface area contributed by atoms with E-state index >= 15 is 0 Å². The van der Waals surface area contributed by atoms with Crippen LogP contribution >= 0.6 is 0 Å². The molecule has 0 saturated carbocycles. The minimum Gasteiger partial charge on any atom is -0.436 e. The molecule has 0 aliphatic heterocycles. The molecule has 0 bridgehead atoms.